The van der Waals surface area contributed by atoms with Gasteiger partial charge in [0.15, 0.2) is 0 Å². The third kappa shape index (κ3) is 4.44. The zero-order valence-electron chi connectivity index (χ0n) is 14.0. The second kappa shape index (κ2) is 7.23. The monoisotopic (exact) mass is 366 g/mol. The maximum Gasteiger partial charge on any atom is 0.573 e. The summed E-state index contributed by atoms with van der Waals surface area (Å²) in [5.74, 6) is -0.571. The van der Waals surface area contributed by atoms with Crippen molar-refractivity contribution in [1.29, 1.82) is 0 Å². The molecule has 3 rings (SSSR count). The van der Waals surface area contributed by atoms with E-state index in [1.54, 1.807) is 12.3 Å². The van der Waals surface area contributed by atoms with Gasteiger partial charge in [-0.2, -0.15) is 0 Å². The van der Waals surface area contributed by atoms with Gasteiger partial charge in [-0.25, -0.2) is 4.98 Å². The predicted molar refractivity (Wildman–Crippen MR) is 87.0 cm³/mol. The van der Waals surface area contributed by atoms with E-state index in [9.17, 15) is 18.0 Å². The first-order chi connectivity index (χ1) is 12.3. The standard InChI is InChI=1S/C18H17F3N2O3/c1-12-6-7-16(22-10-12)25-13-8-9-23(11-13)17(24)14-4-2-3-5-15(14)26-18(19,20)21/h2-7,10,13H,8-9,11H2,1H3. The number of hydrogen-bond donors (Lipinski definition) is 0. The highest BCUT2D eigenvalue weighted by molar-refractivity contribution is 5.97. The van der Waals surface area contributed by atoms with Gasteiger partial charge in [0, 0.05) is 25.2 Å². The summed E-state index contributed by atoms with van der Waals surface area (Å²) in [7, 11) is 0. The van der Waals surface area contributed by atoms with Crippen LogP contribution in [-0.2, 0) is 0 Å². The molecule has 1 atom stereocenters. The van der Waals surface area contributed by atoms with Crippen molar-refractivity contribution in [2.75, 3.05) is 13.1 Å². The first-order valence-electron chi connectivity index (χ1n) is 8.05. The second-order valence-corrected chi connectivity index (χ2v) is 6.00. The minimum Gasteiger partial charge on any atom is -0.472 e. The number of amides is 1. The summed E-state index contributed by atoms with van der Waals surface area (Å²) in [4.78, 5) is 18.2. The van der Waals surface area contributed by atoms with Crippen molar-refractivity contribution < 1.29 is 27.4 Å². The Kier molecular flexibility index (Phi) is 5.01. The van der Waals surface area contributed by atoms with Crippen molar-refractivity contribution in [1.82, 2.24) is 9.88 Å². The van der Waals surface area contributed by atoms with Crippen molar-refractivity contribution >= 4 is 5.91 Å². The van der Waals surface area contributed by atoms with E-state index in [0.717, 1.165) is 11.6 Å². The molecular formula is C18H17F3N2O3. The number of hydrogen-bond acceptors (Lipinski definition) is 4. The minimum absolute atomic E-state index is 0.126. The van der Waals surface area contributed by atoms with Gasteiger partial charge in [-0.15, -0.1) is 13.2 Å². The summed E-state index contributed by atoms with van der Waals surface area (Å²) < 4.78 is 47.3. The van der Waals surface area contributed by atoms with E-state index < -0.39 is 18.0 Å². The average molecular weight is 366 g/mol. The third-order valence-corrected chi connectivity index (χ3v) is 3.95. The number of benzene rings is 1. The Balaban J connectivity index is 1.67. The van der Waals surface area contributed by atoms with E-state index in [-0.39, 0.29) is 18.2 Å². The zero-order valence-corrected chi connectivity index (χ0v) is 14.0. The van der Waals surface area contributed by atoms with Gasteiger partial charge in [-0.3, -0.25) is 4.79 Å². The van der Waals surface area contributed by atoms with Crippen LogP contribution in [0.25, 0.3) is 0 Å². The fraction of sp³-hybridized carbons (Fsp3) is 0.333. The Labute approximate surface area is 148 Å². The van der Waals surface area contributed by atoms with Gasteiger partial charge < -0.3 is 14.4 Å². The zero-order chi connectivity index (χ0) is 18.7. The second-order valence-electron chi connectivity index (χ2n) is 6.00. The van der Waals surface area contributed by atoms with Crippen LogP contribution in [0, 0.1) is 6.92 Å². The molecule has 1 aliphatic heterocycles. The number of ether oxygens (including phenoxy) is 2. The summed E-state index contributed by atoms with van der Waals surface area (Å²) >= 11 is 0. The van der Waals surface area contributed by atoms with Crippen molar-refractivity contribution in [3.8, 4) is 11.6 Å². The summed E-state index contributed by atoms with van der Waals surface area (Å²) in [5.41, 5.74) is 0.876. The molecule has 26 heavy (non-hydrogen) atoms. The highest BCUT2D eigenvalue weighted by Gasteiger charge is 2.35. The van der Waals surface area contributed by atoms with E-state index in [1.165, 1.54) is 23.1 Å². The van der Waals surface area contributed by atoms with Crippen molar-refractivity contribution in [3.05, 3.63) is 53.7 Å². The predicted octanol–water partition coefficient (Wildman–Crippen LogP) is 3.58. The van der Waals surface area contributed by atoms with Crippen LogP contribution in [0.2, 0.25) is 0 Å². The molecule has 2 aromatic rings. The van der Waals surface area contributed by atoms with Gasteiger partial charge in [-0.05, 0) is 24.6 Å². The molecule has 138 valence electrons. The highest BCUT2D eigenvalue weighted by Crippen LogP contribution is 2.28. The Morgan fingerprint density at radius 2 is 2.00 bits per heavy atom. The molecule has 0 N–H and O–H groups in total. The molecule has 0 spiro atoms. The topological polar surface area (TPSA) is 51.7 Å². The lowest BCUT2D eigenvalue weighted by molar-refractivity contribution is -0.274. The molecule has 1 aromatic heterocycles. The number of pyridine rings is 1. The molecule has 0 bridgehead atoms. The molecule has 2 heterocycles. The Hall–Kier alpha value is -2.77. The quantitative estimate of drug-likeness (QED) is 0.830. The first kappa shape index (κ1) is 18.0. The number of nitrogens with zero attached hydrogens (tertiary/aromatic N) is 2. The summed E-state index contributed by atoms with van der Waals surface area (Å²) in [6, 6.07) is 8.94. The van der Waals surface area contributed by atoms with Crippen LogP contribution < -0.4 is 9.47 Å². The number of halogens is 3. The van der Waals surface area contributed by atoms with Gasteiger partial charge in [0.25, 0.3) is 5.91 Å². The molecule has 0 saturated carbocycles. The van der Waals surface area contributed by atoms with Gasteiger partial charge in [-0.1, -0.05) is 18.2 Å². The molecule has 8 heteroatoms. The van der Waals surface area contributed by atoms with Crippen LogP contribution in [0.4, 0.5) is 13.2 Å². The van der Waals surface area contributed by atoms with Crippen LogP contribution in [0.3, 0.4) is 0 Å². The lowest BCUT2D eigenvalue weighted by Crippen LogP contribution is -2.32. The van der Waals surface area contributed by atoms with Gasteiger partial charge in [0.1, 0.15) is 11.9 Å². The first-order valence-corrected chi connectivity index (χ1v) is 8.05. The fourth-order valence-corrected chi connectivity index (χ4v) is 2.73. The van der Waals surface area contributed by atoms with E-state index in [4.69, 9.17) is 4.74 Å². The summed E-state index contributed by atoms with van der Waals surface area (Å²) in [6.07, 6.45) is -2.86. The summed E-state index contributed by atoms with van der Waals surface area (Å²) in [5, 5.41) is 0. The molecule has 1 aromatic carbocycles. The molecular weight excluding hydrogens is 349 g/mol. The molecule has 5 nitrogen and oxygen atoms in total. The molecule has 1 saturated heterocycles. The van der Waals surface area contributed by atoms with Gasteiger partial charge in [0.2, 0.25) is 5.88 Å². The number of aromatic nitrogens is 1. The number of carbonyl (C=O) groups is 1. The van der Waals surface area contributed by atoms with Crippen molar-refractivity contribution in [2.45, 2.75) is 25.8 Å². The van der Waals surface area contributed by atoms with Crippen LogP contribution in [0.5, 0.6) is 11.6 Å². The third-order valence-electron chi connectivity index (χ3n) is 3.95. The Bertz CT molecular complexity index is 778. The number of para-hydroxylation sites is 1. The maximum atomic E-state index is 12.6. The molecule has 1 amide bonds. The molecule has 1 aliphatic rings. The number of aryl methyl sites for hydroxylation is 1. The number of rotatable bonds is 4. The molecule has 1 fully saturated rings. The van der Waals surface area contributed by atoms with Gasteiger partial charge in [0.05, 0.1) is 12.1 Å². The maximum absolute atomic E-state index is 12.6. The van der Waals surface area contributed by atoms with E-state index in [1.807, 2.05) is 13.0 Å². The highest BCUT2D eigenvalue weighted by atomic mass is 19.4. The van der Waals surface area contributed by atoms with E-state index in [0.29, 0.717) is 18.8 Å². The van der Waals surface area contributed by atoms with E-state index in [2.05, 4.69) is 9.72 Å². The van der Waals surface area contributed by atoms with Gasteiger partial charge >= 0.3 is 6.36 Å². The lowest BCUT2D eigenvalue weighted by Gasteiger charge is -2.19. The van der Waals surface area contributed by atoms with Crippen molar-refractivity contribution in [2.24, 2.45) is 0 Å². The fourth-order valence-electron chi connectivity index (χ4n) is 2.73. The largest absolute Gasteiger partial charge is 0.573 e. The average Bonchev–Trinajstić information content (AvgIpc) is 3.04. The SMILES string of the molecule is Cc1ccc(OC2CCN(C(=O)c3ccccc3OC(F)(F)F)C2)nc1. The number of carbonyl (C=O) groups excluding carboxylic acids is 1. The lowest BCUT2D eigenvalue weighted by atomic mass is 10.2. The summed E-state index contributed by atoms with van der Waals surface area (Å²) in [6.45, 7) is 2.57. The Morgan fingerprint density at radius 1 is 1.23 bits per heavy atom. The van der Waals surface area contributed by atoms with Crippen LogP contribution >= 0.6 is 0 Å². The van der Waals surface area contributed by atoms with Crippen LogP contribution in [0.1, 0.15) is 22.3 Å². The number of alkyl halides is 3. The van der Waals surface area contributed by atoms with Crippen LogP contribution in [-0.4, -0.2) is 41.3 Å². The normalized spacial score (nSPS) is 17.2. The smallest absolute Gasteiger partial charge is 0.472 e. The Morgan fingerprint density at radius 3 is 2.69 bits per heavy atom. The molecule has 0 aliphatic carbocycles. The van der Waals surface area contributed by atoms with E-state index >= 15 is 0 Å². The molecule has 1 unspecified atom stereocenters. The van der Waals surface area contributed by atoms with Crippen LogP contribution in [0.15, 0.2) is 42.6 Å². The minimum atomic E-state index is -4.86. The van der Waals surface area contributed by atoms with Crippen molar-refractivity contribution in [3.63, 3.8) is 0 Å². The number of likely N-dealkylation sites (tertiary alicyclic amines) is 1. The molecule has 0 radical (unpaired) electrons.